The summed E-state index contributed by atoms with van der Waals surface area (Å²) in [5.74, 6) is -0.171. The van der Waals surface area contributed by atoms with Gasteiger partial charge in [-0.1, -0.05) is 140 Å². The Labute approximate surface area is 353 Å². The van der Waals surface area contributed by atoms with Crippen LogP contribution in [0.3, 0.4) is 0 Å². The van der Waals surface area contributed by atoms with Gasteiger partial charge in [0.15, 0.2) is 0 Å². The molecule has 0 aliphatic heterocycles. The predicted molar refractivity (Wildman–Crippen MR) is 243 cm³/mol. The van der Waals surface area contributed by atoms with Crippen molar-refractivity contribution < 1.29 is 19.1 Å². The number of rotatable bonds is 30. The second-order valence-corrected chi connectivity index (χ2v) is 16.1. The first-order chi connectivity index (χ1) is 28.5. The third kappa shape index (κ3) is 20.1. The quantitative estimate of drug-likeness (QED) is 0.0390. The number of para-hydroxylation sites is 2. The molecule has 0 atom stereocenters. The van der Waals surface area contributed by atoms with Crippen LogP contribution in [-0.2, 0) is 44.7 Å². The zero-order valence-corrected chi connectivity index (χ0v) is 37.0. The summed E-state index contributed by atoms with van der Waals surface area (Å²) in [6.45, 7) is 4.53. The van der Waals surface area contributed by atoms with Crippen LogP contribution in [0.1, 0.15) is 178 Å². The monoisotopic (exact) mass is 795 g/mol. The molecule has 0 aliphatic rings. The number of unbranched alkanes of at least 4 members (excludes halogenated alkanes) is 16. The molecule has 0 bridgehead atoms. The first kappa shape index (κ1) is 48.3. The average molecular weight is 795 g/mol. The maximum Gasteiger partial charge on any atom is 0.305 e. The molecule has 0 fully saturated rings. The van der Waals surface area contributed by atoms with Crippen LogP contribution in [0.5, 0.6) is 0 Å². The van der Waals surface area contributed by atoms with E-state index in [4.69, 9.17) is 0 Å². The number of aromatic nitrogens is 2. The summed E-state index contributed by atoms with van der Waals surface area (Å²) >= 11 is 0. The molecule has 0 amide bonds. The number of nitrogens with zero attached hydrogens (tertiary/aromatic N) is 2. The minimum Gasteiger partial charge on any atom is -0.469 e. The number of aryl methyl sites for hydroxylation is 4. The van der Waals surface area contributed by atoms with Crippen molar-refractivity contribution in [2.24, 2.45) is 0 Å². The maximum atomic E-state index is 11.1. The molecule has 2 aromatic heterocycles. The molecule has 320 valence electrons. The zero-order chi connectivity index (χ0) is 41.5. The Kier molecular flexibility index (Phi) is 25.8. The second-order valence-electron chi connectivity index (χ2n) is 16.1. The molecule has 6 nitrogen and oxygen atoms in total. The van der Waals surface area contributed by atoms with Gasteiger partial charge in [0.25, 0.3) is 0 Å². The van der Waals surface area contributed by atoms with Gasteiger partial charge in [-0.25, -0.2) is 0 Å². The van der Waals surface area contributed by atoms with E-state index in [9.17, 15) is 9.59 Å². The Morgan fingerprint density at radius 2 is 0.759 bits per heavy atom. The minimum atomic E-state index is -0.0860. The summed E-state index contributed by atoms with van der Waals surface area (Å²) in [5.41, 5.74) is 8.37. The van der Waals surface area contributed by atoms with Gasteiger partial charge in [0, 0.05) is 48.0 Å². The molecule has 4 aromatic rings. The average Bonchev–Trinajstić information content (AvgIpc) is 3.87. The molecule has 0 aliphatic carbocycles. The standard InChI is InChI=1S/2C26H39NO2/c1-3-4-5-12-19-25-21-23(22-27(25)24-17-13-10-14-18-24)16-11-8-6-7-9-15-20-26(28)29-2;1-3-4-5-11-16-23-21-25(27(22-23)24-17-13-10-14-18-24)19-12-8-6-7-9-15-20-26(28)29-2/h2*10,13-14,17-18,21-22H,3-9,11-12,15-16,19-20H2,1-2H3. The number of esters is 2. The molecule has 0 saturated carbocycles. The van der Waals surface area contributed by atoms with Gasteiger partial charge in [-0.3, -0.25) is 9.59 Å². The number of carbonyl (C=O) groups excluding carboxylic acids is 2. The Balaban J connectivity index is 0.000000310. The van der Waals surface area contributed by atoms with Gasteiger partial charge in [-0.2, -0.15) is 0 Å². The number of carbonyl (C=O) groups is 2. The van der Waals surface area contributed by atoms with Gasteiger partial charge in [0.2, 0.25) is 0 Å². The topological polar surface area (TPSA) is 62.5 Å². The summed E-state index contributed by atoms with van der Waals surface area (Å²) in [6, 6.07) is 26.3. The van der Waals surface area contributed by atoms with E-state index in [1.807, 2.05) is 0 Å². The van der Waals surface area contributed by atoms with Crippen LogP contribution in [0, 0.1) is 0 Å². The van der Waals surface area contributed by atoms with Gasteiger partial charge >= 0.3 is 11.9 Å². The van der Waals surface area contributed by atoms with Crippen LogP contribution >= 0.6 is 0 Å². The highest BCUT2D eigenvalue weighted by Gasteiger charge is 2.10. The fraction of sp³-hybridized carbons (Fsp3) is 0.577. The van der Waals surface area contributed by atoms with Gasteiger partial charge in [0.05, 0.1) is 14.2 Å². The Morgan fingerprint density at radius 3 is 1.12 bits per heavy atom. The fourth-order valence-electron chi connectivity index (χ4n) is 7.74. The highest BCUT2D eigenvalue weighted by molar-refractivity contribution is 5.69. The maximum absolute atomic E-state index is 11.1. The molecule has 6 heteroatoms. The Morgan fingerprint density at radius 1 is 0.431 bits per heavy atom. The zero-order valence-electron chi connectivity index (χ0n) is 37.0. The van der Waals surface area contributed by atoms with Crippen LogP contribution in [0.2, 0.25) is 0 Å². The van der Waals surface area contributed by atoms with Crippen LogP contribution < -0.4 is 0 Å². The van der Waals surface area contributed by atoms with Crippen LogP contribution in [0.15, 0.2) is 85.2 Å². The van der Waals surface area contributed by atoms with Crippen LogP contribution in [0.25, 0.3) is 11.4 Å². The van der Waals surface area contributed by atoms with Crippen molar-refractivity contribution in [1.29, 1.82) is 0 Å². The molecule has 0 radical (unpaired) electrons. The summed E-state index contributed by atoms with van der Waals surface area (Å²) < 4.78 is 14.2. The van der Waals surface area contributed by atoms with Crippen molar-refractivity contribution in [2.75, 3.05) is 14.2 Å². The smallest absolute Gasteiger partial charge is 0.305 e. The molecule has 2 heterocycles. The lowest BCUT2D eigenvalue weighted by Crippen LogP contribution is -1.99. The van der Waals surface area contributed by atoms with Crippen molar-refractivity contribution in [1.82, 2.24) is 9.13 Å². The molecular weight excluding hydrogens is 717 g/mol. The Hall–Kier alpha value is -4.06. The Bertz CT molecular complexity index is 1620. The number of ether oxygens (including phenoxy) is 2. The molecule has 0 unspecified atom stereocenters. The van der Waals surface area contributed by atoms with Crippen molar-refractivity contribution in [2.45, 2.75) is 181 Å². The van der Waals surface area contributed by atoms with Crippen molar-refractivity contribution >= 4 is 11.9 Å². The minimum absolute atomic E-state index is 0.0848. The number of benzene rings is 2. The summed E-state index contributed by atoms with van der Waals surface area (Å²) in [7, 11) is 2.92. The number of hydrogen-bond donors (Lipinski definition) is 0. The SMILES string of the molecule is CCCCCCc1cc(CCCCCCCCC(=O)OC)cn1-c1ccccc1.CCCCCCc1cc(CCCCCCCCC(=O)OC)n(-c2ccccc2)c1. The third-order valence-electron chi connectivity index (χ3n) is 11.2. The first-order valence-corrected chi connectivity index (χ1v) is 23.1. The van der Waals surface area contributed by atoms with E-state index in [2.05, 4.69) is 118 Å². The predicted octanol–water partition coefficient (Wildman–Crippen LogP) is 14.1. The molecule has 4 rings (SSSR count). The van der Waals surface area contributed by atoms with Crippen molar-refractivity contribution in [3.05, 3.63) is 108 Å². The summed E-state index contributed by atoms with van der Waals surface area (Å²) in [6.07, 6.45) is 35.0. The number of hydrogen-bond acceptors (Lipinski definition) is 4. The number of methoxy groups -OCH3 is 2. The van der Waals surface area contributed by atoms with Crippen molar-refractivity contribution in [3.63, 3.8) is 0 Å². The lowest BCUT2D eigenvalue weighted by Gasteiger charge is -2.09. The molecule has 0 N–H and O–H groups in total. The highest BCUT2D eigenvalue weighted by Crippen LogP contribution is 2.22. The largest absolute Gasteiger partial charge is 0.469 e. The molecule has 0 saturated heterocycles. The van der Waals surface area contributed by atoms with Gasteiger partial charge < -0.3 is 18.6 Å². The van der Waals surface area contributed by atoms with E-state index in [1.165, 1.54) is 157 Å². The van der Waals surface area contributed by atoms with Gasteiger partial charge in [-0.15, -0.1) is 0 Å². The lowest BCUT2D eigenvalue weighted by molar-refractivity contribution is -0.141. The third-order valence-corrected chi connectivity index (χ3v) is 11.2. The van der Waals surface area contributed by atoms with E-state index in [1.54, 1.807) is 0 Å². The van der Waals surface area contributed by atoms with Crippen LogP contribution in [0.4, 0.5) is 0 Å². The molecule has 0 spiro atoms. The van der Waals surface area contributed by atoms with Gasteiger partial charge in [-0.05, 0) is 112 Å². The van der Waals surface area contributed by atoms with E-state index < -0.39 is 0 Å². The van der Waals surface area contributed by atoms with Gasteiger partial charge in [0.1, 0.15) is 0 Å². The molecular formula is C52H78N2O4. The molecule has 58 heavy (non-hydrogen) atoms. The van der Waals surface area contributed by atoms with Crippen molar-refractivity contribution in [3.8, 4) is 11.4 Å². The fourth-order valence-corrected chi connectivity index (χ4v) is 7.74. The second kappa shape index (κ2) is 30.9. The van der Waals surface area contributed by atoms with Crippen LogP contribution in [-0.4, -0.2) is 35.3 Å². The highest BCUT2D eigenvalue weighted by atomic mass is 16.5. The lowest BCUT2D eigenvalue weighted by atomic mass is 10.1. The van der Waals surface area contributed by atoms with E-state index in [-0.39, 0.29) is 11.9 Å². The van der Waals surface area contributed by atoms with E-state index in [0.717, 1.165) is 44.9 Å². The normalized spacial score (nSPS) is 11.0. The molecule has 2 aromatic carbocycles. The van der Waals surface area contributed by atoms with E-state index in [0.29, 0.717) is 12.8 Å². The first-order valence-electron chi connectivity index (χ1n) is 23.1. The van der Waals surface area contributed by atoms with E-state index >= 15 is 0 Å². The summed E-state index contributed by atoms with van der Waals surface area (Å²) in [5, 5.41) is 0. The summed E-state index contributed by atoms with van der Waals surface area (Å²) in [4.78, 5) is 22.2.